The Morgan fingerprint density at radius 1 is 1.47 bits per heavy atom. The number of aliphatic carboxylic acids is 1. The van der Waals surface area contributed by atoms with Crippen LogP contribution in [0.5, 0.6) is 0 Å². The van der Waals surface area contributed by atoms with Crippen LogP contribution in [0, 0.1) is 0 Å². The molecule has 1 heterocycles. The summed E-state index contributed by atoms with van der Waals surface area (Å²) in [5, 5.41) is 9.11. The van der Waals surface area contributed by atoms with Gasteiger partial charge in [0, 0.05) is 31.1 Å². The second kappa shape index (κ2) is 5.16. The van der Waals surface area contributed by atoms with E-state index >= 15 is 0 Å². The van der Waals surface area contributed by atoms with Gasteiger partial charge in [-0.15, -0.1) is 0 Å². The minimum Gasteiger partial charge on any atom is -0.480 e. The van der Waals surface area contributed by atoms with Gasteiger partial charge in [-0.2, -0.15) is 11.8 Å². The fourth-order valence-corrected chi connectivity index (χ4v) is 2.60. The van der Waals surface area contributed by atoms with Gasteiger partial charge in [-0.05, 0) is 20.8 Å². The first-order chi connectivity index (χ1) is 7.78. The van der Waals surface area contributed by atoms with Crippen LogP contribution in [0.15, 0.2) is 0 Å². The van der Waals surface area contributed by atoms with Crippen molar-refractivity contribution >= 4 is 23.8 Å². The van der Waals surface area contributed by atoms with Crippen molar-refractivity contribution < 1.29 is 14.7 Å². The molecule has 0 radical (unpaired) electrons. The summed E-state index contributed by atoms with van der Waals surface area (Å²) in [5.41, 5.74) is -1.18. The van der Waals surface area contributed by atoms with Crippen LogP contribution < -0.4 is 0 Å². The zero-order valence-corrected chi connectivity index (χ0v) is 11.6. The summed E-state index contributed by atoms with van der Waals surface area (Å²) < 4.78 is 0. The molecule has 1 unspecified atom stereocenters. The minimum atomic E-state index is -1.18. The summed E-state index contributed by atoms with van der Waals surface area (Å²) in [7, 11) is 1.55. The molecule has 1 aliphatic rings. The number of hydrogen-bond acceptors (Lipinski definition) is 3. The van der Waals surface area contributed by atoms with Gasteiger partial charge in [0.25, 0.3) is 0 Å². The molecule has 5 nitrogen and oxygen atoms in total. The second-order valence-corrected chi connectivity index (χ2v) is 5.97. The van der Waals surface area contributed by atoms with Crippen molar-refractivity contribution in [2.75, 3.05) is 25.1 Å². The average molecular weight is 260 g/mol. The molecule has 17 heavy (non-hydrogen) atoms. The molecular weight excluding hydrogens is 240 g/mol. The number of carbonyl (C=O) groups is 2. The van der Waals surface area contributed by atoms with Gasteiger partial charge in [0.1, 0.15) is 5.54 Å². The van der Waals surface area contributed by atoms with Gasteiger partial charge in [-0.1, -0.05) is 0 Å². The summed E-state index contributed by atoms with van der Waals surface area (Å²) in [6.45, 7) is 5.75. The number of thioether (sulfide) groups is 1. The van der Waals surface area contributed by atoms with E-state index < -0.39 is 11.5 Å². The van der Waals surface area contributed by atoms with Gasteiger partial charge in [-0.25, -0.2) is 9.59 Å². The van der Waals surface area contributed by atoms with E-state index in [0.29, 0.717) is 6.54 Å². The number of nitrogens with zero attached hydrogens (tertiary/aromatic N) is 2. The highest BCUT2D eigenvalue weighted by molar-refractivity contribution is 7.99. The summed E-state index contributed by atoms with van der Waals surface area (Å²) in [4.78, 5) is 26.4. The number of carbonyl (C=O) groups excluding carboxylic acids is 1. The highest BCUT2D eigenvalue weighted by Crippen LogP contribution is 2.21. The first-order valence-corrected chi connectivity index (χ1v) is 6.79. The first-order valence-electron chi connectivity index (χ1n) is 5.64. The lowest BCUT2D eigenvalue weighted by atomic mass is 10.0. The van der Waals surface area contributed by atoms with Crippen molar-refractivity contribution in [3.8, 4) is 0 Å². The third kappa shape index (κ3) is 2.86. The predicted octanol–water partition coefficient (Wildman–Crippen LogP) is 1.34. The molecular formula is C11H20N2O3S. The third-order valence-electron chi connectivity index (χ3n) is 3.26. The molecule has 0 saturated carbocycles. The quantitative estimate of drug-likeness (QED) is 0.814. The van der Waals surface area contributed by atoms with Crippen molar-refractivity contribution in [1.82, 2.24) is 9.80 Å². The fraction of sp³-hybridized carbons (Fsp3) is 0.818. The smallest absolute Gasteiger partial charge is 0.329 e. The Bertz CT molecular complexity index is 320. The maximum absolute atomic E-state index is 12.2. The van der Waals surface area contributed by atoms with Gasteiger partial charge < -0.3 is 14.9 Å². The van der Waals surface area contributed by atoms with Crippen LogP contribution in [0.4, 0.5) is 4.79 Å². The van der Waals surface area contributed by atoms with Gasteiger partial charge in [0.15, 0.2) is 0 Å². The monoisotopic (exact) mass is 260 g/mol. The van der Waals surface area contributed by atoms with Crippen LogP contribution >= 0.6 is 11.8 Å². The molecule has 1 aliphatic heterocycles. The Morgan fingerprint density at radius 2 is 2.06 bits per heavy atom. The molecule has 1 fully saturated rings. The SMILES string of the molecule is CC1CSCCN1C(=O)N(C)C(C)(C)C(=O)O. The number of carboxylic acid groups (broad SMARTS) is 1. The van der Waals surface area contributed by atoms with E-state index in [1.165, 1.54) is 18.7 Å². The normalized spacial score (nSPS) is 21.2. The lowest BCUT2D eigenvalue weighted by molar-refractivity contribution is -0.147. The lowest BCUT2D eigenvalue weighted by Gasteiger charge is -2.40. The van der Waals surface area contributed by atoms with Crippen molar-refractivity contribution in [3.05, 3.63) is 0 Å². The molecule has 1 atom stereocenters. The molecule has 0 aromatic rings. The molecule has 1 saturated heterocycles. The van der Waals surface area contributed by atoms with Gasteiger partial charge in [0.05, 0.1) is 0 Å². The predicted molar refractivity (Wildman–Crippen MR) is 68.4 cm³/mol. The molecule has 0 bridgehead atoms. The summed E-state index contributed by atoms with van der Waals surface area (Å²) >= 11 is 1.82. The van der Waals surface area contributed by atoms with Gasteiger partial charge >= 0.3 is 12.0 Å². The second-order valence-electron chi connectivity index (χ2n) is 4.82. The minimum absolute atomic E-state index is 0.160. The van der Waals surface area contributed by atoms with Crippen molar-refractivity contribution in [3.63, 3.8) is 0 Å². The van der Waals surface area contributed by atoms with Gasteiger partial charge in [0.2, 0.25) is 0 Å². The van der Waals surface area contributed by atoms with Crippen molar-refractivity contribution in [2.45, 2.75) is 32.4 Å². The highest BCUT2D eigenvalue weighted by Gasteiger charge is 2.38. The fourth-order valence-electron chi connectivity index (χ4n) is 1.59. The van der Waals surface area contributed by atoms with Crippen LogP contribution in [0.2, 0.25) is 0 Å². The highest BCUT2D eigenvalue weighted by atomic mass is 32.2. The zero-order valence-electron chi connectivity index (χ0n) is 10.8. The standard InChI is InChI=1S/C11H20N2O3S/c1-8-7-17-6-5-13(8)10(16)12(4)11(2,3)9(14)15/h8H,5-7H2,1-4H3,(H,14,15). The van der Waals surface area contributed by atoms with Crippen LogP contribution in [-0.4, -0.2) is 63.6 Å². The number of amides is 2. The largest absolute Gasteiger partial charge is 0.480 e. The number of rotatable bonds is 2. The van der Waals surface area contributed by atoms with Crippen LogP contribution in [0.1, 0.15) is 20.8 Å². The number of carboxylic acids is 1. The maximum atomic E-state index is 12.2. The topological polar surface area (TPSA) is 60.9 Å². The number of hydrogen-bond donors (Lipinski definition) is 1. The Kier molecular flexibility index (Phi) is 4.30. The molecule has 0 spiro atoms. The Balaban J connectivity index is 2.78. The molecule has 1 rings (SSSR count). The summed E-state index contributed by atoms with van der Waals surface area (Å²) in [5.74, 6) is 0.831. The van der Waals surface area contributed by atoms with E-state index in [9.17, 15) is 9.59 Å². The van der Waals surface area contributed by atoms with E-state index in [0.717, 1.165) is 11.5 Å². The zero-order chi connectivity index (χ0) is 13.2. The molecule has 2 amide bonds. The van der Waals surface area contributed by atoms with E-state index in [2.05, 4.69) is 0 Å². The van der Waals surface area contributed by atoms with Crippen LogP contribution in [-0.2, 0) is 4.79 Å². The summed E-state index contributed by atoms with van der Waals surface area (Å²) in [6, 6.07) is -0.0431. The van der Waals surface area contributed by atoms with Crippen molar-refractivity contribution in [1.29, 1.82) is 0 Å². The third-order valence-corrected chi connectivity index (χ3v) is 4.45. The molecule has 6 heteroatoms. The van der Waals surface area contributed by atoms with E-state index in [4.69, 9.17) is 5.11 Å². The molecule has 1 N–H and O–H groups in total. The van der Waals surface area contributed by atoms with Crippen LogP contribution in [0.3, 0.4) is 0 Å². The van der Waals surface area contributed by atoms with Gasteiger partial charge in [-0.3, -0.25) is 0 Å². The molecule has 0 aromatic heterocycles. The molecule has 98 valence electrons. The Hall–Kier alpha value is -0.910. The van der Waals surface area contributed by atoms with E-state index in [1.807, 2.05) is 18.7 Å². The number of urea groups is 1. The molecule has 0 aliphatic carbocycles. The first kappa shape index (κ1) is 14.2. The Morgan fingerprint density at radius 3 is 2.53 bits per heavy atom. The van der Waals surface area contributed by atoms with E-state index in [1.54, 1.807) is 11.9 Å². The molecule has 0 aromatic carbocycles. The van der Waals surface area contributed by atoms with Crippen molar-refractivity contribution in [2.24, 2.45) is 0 Å². The van der Waals surface area contributed by atoms with E-state index in [-0.39, 0.29) is 12.1 Å². The maximum Gasteiger partial charge on any atom is 0.329 e. The summed E-state index contributed by atoms with van der Waals surface area (Å²) in [6.07, 6.45) is 0. The average Bonchev–Trinajstić information content (AvgIpc) is 2.27. The number of likely N-dealkylation sites (N-methyl/N-ethyl adjacent to an activating group) is 1. The lowest BCUT2D eigenvalue weighted by Crippen LogP contribution is -2.58. The van der Waals surface area contributed by atoms with Crippen LogP contribution in [0.25, 0.3) is 0 Å². The Labute approximate surface area is 106 Å².